The van der Waals surface area contributed by atoms with Crippen LogP contribution in [-0.4, -0.2) is 25.4 Å². The van der Waals surface area contributed by atoms with E-state index >= 15 is 0 Å². The first kappa shape index (κ1) is 18.8. The quantitative estimate of drug-likeness (QED) is 0.784. The van der Waals surface area contributed by atoms with Crippen molar-refractivity contribution < 1.29 is 17.6 Å². The topological polar surface area (TPSA) is 88.2 Å². The number of anilines is 1. The van der Waals surface area contributed by atoms with Gasteiger partial charge in [0.25, 0.3) is 0 Å². The third-order valence-electron chi connectivity index (χ3n) is 3.98. The molecule has 1 aromatic heterocycles. The molecule has 1 aromatic carbocycles. The van der Waals surface area contributed by atoms with Crippen molar-refractivity contribution >= 4 is 33.2 Å². The third kappa shape index (κ3) is 4.38. The maximum Gasteiger partial charge on any atom is 0.242 e. The van der Waals surface area contributed by atoms with Gasteiger partial charge in [0.2, 0.25) is 15.9 Å². The molecule has 3 rings (SSSR count). The first-order chi connectivity index (χ1) is 12.3. The van der Waals surface area contributed by atoms with Crippen LogP contribution in [0.5, 0.6) is 0 Å². The van der Waals surface area contributed by atoms with Gasteiger partial charge in [0.1, 0.15) is 10.7 Å². The van der Waals surface area contributed by atoms with E-state index in [1.165, 1.54) is 0 Å². The fourth-order valence-corrected chi connectivity index (χ4v) is 4.21. The molecule has 9 heteroatoms. The van der Waals surface area contributed by atoms with E-state index in [0.29, 0.717) is 5.56 Å². The van der Waals surface area contributed by atoms with Crippen molar-refractivity contribution in [3.05, 3.63) is 52.6 Å². The molecule has 1 aliphatic carbocycles. The normalized spacial score (nSPS) is 14.3. The number of aryl methyl sites for hydroxylation is 1. The van der Waals surface area contributed by atoms with Gasteiger partial charge in [-0.15, -0.1) is 0 Å². The van der Waals surface area contributed by atoms with Crippen molar-refractivity contribution in [2.45, 2.75) is 37.1 Å². The Morgan fingerprint density at radius 3 is 2.77 bits per heavy atom. The zero-order valence-corrected chi connectivity index (χ0v) is 15.5. The Balaban J connectivity index is 1.82. The molecule has 0 spiro atoms. The van der Waals surface area contributed by atoms with Crippen LogP contribution in [-0.2, 0) is 21.2 Å². The molecule has 26 heavy (non-hydrogen) atoms. The monoisotopic (exact) mass is 397 g/mol. The van der Waals surface area contributed by atoms with E-state index in [0.717, 1.165) is 30.5 Å². The van der Waals surface area contributed by atoms with Crippen LogP contribution < -0.4 is 10.0 Å². The van der Waals surface area contributed by atoms with Gasteiger partial charge in [-0.05, 0) is 49.1 Å². The smallest absolute Gasteiger partial charge is 0.242 e. The van der Waals surface area contributed by atoms with Crippen molar-refractivity contribution in [1.82, 2.24) is 9.71 Å². The molecular formula is C17H17ClFN3O3S. The molecule has 2 aromatic rings. The van der Waals surface area contributed by atoms with Gasteiger partial charge in [0, 0.05) is 18.4 Å². The Morgan fingerprint density at radius 2 is 2.12 bits per heavy atom. The summed E-state index contributed by atoms with van der Waals surface area (Å²) in [5.41, 5.74) is 1.34. The second kappa shape index (κ2) is 7.30. The first-order valence-electron chi connectivity index (χ1n) is 7.97. The maximum absolute atomic E-state index is 14.1. The van der Waals surface area contributed by atoms with E-state index < -0.39 is 21.7 Å². The summed E-state index contributed by atoms with van der Waals surface area (Å²) in [5.74, 6) is -1.29. The molecule has 1 aliphatic rings. The van der Waals surface area contributed by atoms with Crippen molar-refractivity contribution in [3.8, 4) is 0 Å². The lowest BCUT2D eigenvalue weighted by molar-refractivity contribution is -0.115. The maximum atomic E-state index is 14.1. The Kier molecular flexibility index (Phi) is 5.27. The number of pyridine rings is 1. The van der Waals surface area contributed by atoms with Gasteiger partial charge in [-0.2, -0.15) is 0 Å². The van der Waals surface area contributed by atoms with E-state index in [-0.39, 0.29) is 28.1 Å². The summed E-state index contributed by atoms with van der Waals surface area (Å²) in [6.45, 7) is 1.83. The van der Waals surface area contributed by atoms with Gasteiger partial charge in [-0.3, -0.25) is 9.78 Å². The average Bonchev–Trinajstić information content (AvgIpc) is 3.35. The lowest BCUT2D eigenvalue weighted by atomic mass is 10.1. The minimum absolute atomic E-state index is 0.00977. The van der Waals surface area contributed by atoms with E-state index in [1.807, 2.05) is 6.92 Å². The number of hydrogen-bond donors (Lipinski definition) is 2. The highest BCUT2D eigenvalue weighted by atomic mass is 35.5. The van der Waals surface area contributed by atoms with Crippen LogP contribution in [0.3, 0.4) is 0 Å². The fraction of sp³-hybridized carbons (Fsp3) is 0.294. The number of sulfonamides is 1. The van der Waals surface area contributed by atoms with Crippen molar-refractivity contribution in [2.24, 2.45) is 0 Å². The Labute approximate surface area is 155 Å². The highest BCUT2D eigenvalue weighted by molar-refractivity contribution is 7.89. The number of hydrogen-bond acceptors (Lipinski definition) is 4. The minimum Gasteiger partial charge on any atom is -0.323 e. The standard InChI is InChI=1S/C17H17ClFN3O3S/c1-10-4-5-20-9-11(10)6-17(23)21-15-8-16(13(18)7-14(15)19)26(24,25)22-12-2-3-12/h4-5,7-9,12,22H,2-3,6H2,1H3,(H,21,23). The number of halogens is 2. The van der Waals surface area contributed by atoms with Crippen LogP contribution in [0.25, 0.3) is 0 Å². The number of amides is 1. The average molecular weight is 398 g/mol. The van der Waals surface area contributed by atoms with Gasteiger partial charge in [-0.25, -0.2) is 17.5 Å². The Hall–Kier alpha value is -2.03. The molecular weight excluding hydrogens is 381 g/mol. The molecule has 1 heterocycles. The summed E-state index contributed by atoms with van der Waals surface area (Å²) < 4.78 is 41.3. The van der Waals surface area contributed by atoms with E-state index in [1.54, 1.807) is 18.5 Å². The van der Waals surface area contributed by atoms with Crippen molar-refractivity contribution in [3.63, 3.8) is 0 Å². The molecule has 0 bridgehead atoms. The van der Waals surface area contributed by atoms with Crippen LogP contribution in [0.1, 0.15) is 24.0 Å². The zero-order chi connectivity index (χ0) is 18.9. The van der Waals surface area contributed by atoms with Gasteiger partial charge in [-0.1, -0.05) is 11.6 Å². The zero-order valence-electron chi connectivity index (χ0n) is 13.9. The molecule has 0 unspecified atom stereocenters. The molecule has 2 N–H and O–H groups in total. The van der Waals surface area contributed by atoms with Gasteiger partial charge in [0.15, 0.2) is 0 Å². The van der Waals surface area contributed by atoms with Crippen LogP contribution in [0.2, 0.25) is 5.02 Å². The molecule has 0 atom stereocenters. The first-order valence-corrected chi connectivity index (χ1v) is 9.83. The molecule has 138 valence electrons. The molecule has 1 saturated carbocycles. The Morgan fingerprint density at radius 1 is 1.38 bits per heavy atom. The van der Waals surface area contributed by atoms with Gasteiger partial charge < -0.3 is 5.32 Å². The number of nitrogens with zero attached hydrogens (tertiary/aromatic N) is 1. The van der Waals surface area contributed by atoms with Crippen molar-refractivity contribution in [2.75, 3.05) is 5.32 Å². The van der Waals surface area contributed by atoms with Gasteiger partial charge in [0.05, 0.1) is 17.1 Å². The molecule has 0 aliphatic heterocycles. The number of carbonyl (C=O) groups is 1. The van der Waals surface area contributed by atoms with Crippen LogP contribution in [0.4, 0.5) is 10.1 Å². The largest absolute Gasteiger partial charge is 0.323 e. The second-order valence-electron chi connectivity index (χ2n) is 6.19. The predicted molar refractivity (Wildman–Crippen MR) is 96.1 cm³/mol. The van der Waals surface area contributed by atoms with Gasteiger partial charge >= 0.3 is 0 Å². The number of aromatic nitrogens is 1. The number of carbonyl (C=O) groups excluding carboxylic acids is 1. The second-order valence-corrected chi connectivity index (χ2v) is 8.27. The summed E-state index contributed by atoms with van der Waals surface area (Å²) in [6.07, 6.45) is 4.67. The predicted octanol–water partition coefficient (Wildman–Crippen LogP) is 2.80. The number of benzene rings is 1. The van der Waals surface area contributed by atoms with E-state index in [9.17, 15) is 17.6 Å². The summed E-state index contributed by atoms with van der Waals surface area (Å²) >= 11 is 5.90. The molecule has 1 fully saturated rings. The highest BCUT2D eigenvalue weighted by Crippen LogP contribution is 2.30. The molecule has 0 radical (unpaired) electrons. The lowest BCUT2D eigenvalue weighted by Crippen LogP contribution is -2.26. The SMILES string of the molecule is Cc1ccncc1CC(=O)Nc1cc(S(=O)(=O)NC2CC2)c(Cl)cc1F. The lowest BCUT2D eigenvalue weighted by Gasteiger charge is -2.12. The summed E-state index contributed by atoms with van der Waals surface area (Å²) in [6, 6.07) is 3.57. The molecule has 1 amide bonds. The van der Waals surface area contributed by atoms with Crippen LogP contribution in [0, 0.1) is 12.7 Å². The summed E-state index contributed by atoms with van der Waals surface area (Å²) in [7, 11) is -3.88. The number of rotatable bonds is 6. The van der Waals surface area contributed by atoms with E-state index in [2.05, 4.69) is 15.0 Å². The minimum atomic E-state index is -3.88. The number of nitrogens with one attached hydrogen (secondary N) is 2. The third-order valence-corrected chi connectivity index (χ3v) is 5.97. The summed E-state index contributed by atoms with van der Waals surface area (Å²) in [4.78, 5) is 15.9. The van der Waals surface area contributed by atoms with Crippen LogP contribution in [0.15, 0.2) is 35.5 Å². The fourth-order valence-electron chi connectivity index (χ4n) is 2.36. The highest BCUT2D eigenvalue weighted by Gasteiger charge is 2.30. The van der Waals surface area contributed by atoms with E-state index in [4.69, 9.17) is 11.6 Å². The summed E-state index contributed by atoms with van der Waals surface area (Å²) in [5, 5.41) is 2.16. The molecule has 0 saturated heterocycles. The molecule has 6 nitrogen and oxygen atoms in total. The van der Waals surface area contributed by atoms with Crippen LogP contribution >= 0.6 is 11.6 Å². The Bertz CT molecular complexity index is 962. The van der Waals surface area contributed by atoms with Crippen molar-refractivity contribution in [1.29, 1.82) is 0 Å².